The van der Waals surface area contributed by atoms with Crippen molar-refractivity contribution in [2.24, 2.45) is 0 Å². The molecule has 0 atom stereocenters. The average Bonchev–Trinajstić information content (AvgIpc) is 2.87. The molecule has 0 amide bonds. The van der Waals surface area contributed by atoms with Crippen molar-refractivity contribution in [2.75, 3.05) is 0 Å². The number of nitrogens with one attached hydrogen (secondary N) is 1. The minimum atomic E-state index is -0.305. The summed E-state index contributed by atoms with van der Waals surface area (Å²) in [5.41, 5.74) is 5.23. The zero-order valence-electron chi connectivity index (χ0n) is 11.4. The van der Waals surface area contributed by atoms with Gasteiger partial charge in [-0.15, -0.1) is 0 Å². The van der Waals surface area contributed by atoms with Crippen molar-refractivity contribution in [3.05, 3.63) is 63.6 Å². The summed E-state index contributed by atoms with van der Waals surface area (Å²) in [5, 5.41) is 1.40. The van der Waals surface area contributed by atoms with Crippen LogP contribution in [0.1, 0.15) is 11.1 Å². The Morgan fingerprint density at radius 2 is 1.90 bits per heavy atom. The van der Waals surface area contributed by atoms with Gasteiger partial charge in [0.25, 0.3) is 0 Å². The molecule has 1 heterocycles. The molecule has 0 saturated carbocycles. The van der Waals surface area contributed by atoms with Crippen LogP contribution in [0.2, 0.25) is 0 Å². The molecule has 0 saturated heterocycles. The fourth-order valence-electron chi connectivity index (χ4n) is 2.46. The Labute approximate surface area is 141 Å². The molecule has 1 aliphatic rings. The Balaban J connectivity index is 0.000001000. The van der Waals surface area contributed by atoms with Gasteiger partial charge in [0.05, 0.1) is 0 Å². The molecular weight excluding hydrogens is 325 g/mol. The molecule has 3 rings (SSSR count). The van der Waals surface area contributed by atoms with Gasteiger partial charge in [-0.1, -0.05) is 0 Å². The maximum absolute atomic E-state index is 4.10. The molecule has 1 nitrogen and oxygen atoms in total. The summed E-state index contributed by atoms with van der Waals surface area (Å²) in [6.45, 7) is 8.51. The van der Waals surface area contributed by atoms with Gasteiger partial charge >= 0.3 is 116 Å². The first-order valence-corrected chi connectivity index (χ1v) is 7.65. The van der Waals surface area contributed by atoms with Gasteiger partial charge < -0.3 is 24.8 Å². The minimum absolute atomic E-state index is 0. The monoisotopic (exact) mass is 339 g/mol. The molecule has 2 aromatic rings. The van der Waals surface area contributed by atoms with Crippen LogP contribution in [0, 0.1) is 13.8 Å². The van der Waals surface area contributed by atoms with E-state index in [0.29, 0.717) is 0 Å². The van der Waals surface area contributed by atoms with E-state index in [1.807, 2.05) is 0 Å². The molecule has 4 heteroatoms. The zero-order valence-corrected chi connectivity index (χ0v) is 14.5. The molecule has 1 N–H and O–H groups in total. The van der Waals surface area contributed by atoms with Gasteiger partial charge in [0.2, 0.25) is 0 Å². The van der Waals surface area contributed by atoms with Crippen LogP contribution in [0.15, 0.2) is 52.5 Å². The van der Waals surface area contributed by atoms with Crippen molar-refractivity contribution in [3.8, 4) is 0 Å². The van der Waals surface area contributed by atoms with E-state index in [4.69, 9.17) is 0 Å². The molecular formula is C16H15Cl2NTi. The van der Waals surface area contributed by atoms with Crippen molar-refractivity contribution in [3.63, 3.8) is 0 Å². The van der Waals surface area contributed by atoms with E-state index < -0.39 is 0 Å². The first kappa shape index (κ1) is 17.3. The van der Waals surface area contributed by atoms with Gasteiger partial charge in [-0.25, -0.2) is 0 Å². The summed E-state index contributed by atoms with van der Waals surface area (Å²) < 4.78 is 2.86. The number of H-pyrrole nitrogens is 1. The Morgan fingerprint density at radius 1 is 1.15 bits per heavy atom. The molecule has 0 fully saturated rings. The number of rotatable bonds is 2. The van der Waals surface area contributed by atoms with Crippen LogP contribution in [-0.4, -0.2) is 4.98 Å². The van der Waals surface area contributed by atoms with E-state index in [0.717, 1.165) is 0 Å². The number of benzene rings is 1. The smallest absolute Gasteiger partial charge is 1.00 e. The van der Waals surface area contributed by atoms with Gasteiger partial charge in [-0.2, -0.15) is 0 Å². The summed E-state index contributed by atoms with van der Waals surface area (Å²) in [5.74, 6) is 0. The first-order chi connectivity index (χ1) is 8.66. The van der Waals surface area contributed by atoms with Crippen LogP contribution >= 0.6 is 0 Å². The second-order valence-electron chi connectivity index (χ2n) is 4.71. The summed E-state index contributed by atoms with van der Waals surface area (Å²) in [7, 11) is 0. The van der Waals surface area contributed by atoms with Crippen molar-refractivity contribution in [1.29, 1.82) is 0 Å². The third-order valence-corrected chi connectivity index (χ3v) is 5.80. The number of hydrogen-bond donors (Lipinski definition) is 1. The third-order valence-electron chi connectivity index (χ3n) is 3.45. The number of aromatic amines is 1. The van der Waals surface area contributed by atoms with Gasteiger partial charge in [-0.3, -0.25) is 0 Å². The quantitative estimate of drug-likeness (QED) is 0.583. The third kappa shape index (κ3) is 2.97. The molecule has 0 aliphatic heterocycles. The van der Waals surface area contributed by atoms with Crippen molar-refractivity contribution in [2.45, 2.75) is 13.8 Å². The summed E-state index contributed by atoms with van der Waals surface area (Å²) in [6.07, 6.45) is 6.41. The number of hydrogen-bond acceptors (Lipinski definition) is 0. The van der Waals surface area contributed by atoms with E-state index in [9.17, 15) is 0 Å². The first-order valence-electron chi connectivity index (χ1n) is 6.09. The molecule has 0 unspecified atom stereocenters. The maximum Gasteiger partial charge on any atom is -1.00 e. The fourth-order valence-corrected chi connectivity index (χ4v) is 4.34. The Kier molecular flexibility index (Phi) is 5.91. The number of halogens is 2. The number of allylic oxidation sites excluding steroid dienone is 5. The van der Waals surface area contributed by atoms with Crippen LogP contribution in [0.25, 0.3) is 10.9 Å². The number of fused-ring (bicyclic) bond motifs is 1. The standard InChI is InChI=1S/C10H10N.C6H5.2ClH.Ti/c1-7-4-3-5-9-10(7)8(2)6-11-9;1-6-4-2-3-5-6;;;/h3-5,11H,1-2H3;2-4H,1H2;2*1H;/q;;;;+2/p-2. The molecule has 1 aromatic carbocycles. The predicted octanol–water partition coefficient (Wildman–Crippen LogP) is -2.49. The molecule has 1 aliphatic carbocycles. The van der Waals surface area contributed by atoms with Gasteiger partial charge in [0, 0.05) is 0 Å². The number of aromatic nitrogens is 1. The fraction of sp³-hybridized carbons (Fsp3) is 0.125. The minimum Gasteiger partial charge on any atom is -1.00 e. The zero-order chi connectivity index (χ0) is 12.7. The average molecular weight is 340 g/mol. The summed E-state index contributed by atoms with van der Waals surface area (Å²) in [4.78, 5) is 3.60. The van der Waals surface area contributed by atoms with Gasteiger partial charge in [-0.05, 0) is 0 Å². The van der Waals surface area contributed by atoms with Crippen LogP contribution < -0.4 is 28.8 Å². The van der Waals surface area contributed by atoms with Crippen LogP contribution in [0.4, 0.5) is 0 Å². The van der Waals surface area contributed by atoms with Crippen molar-refractivity contribution >= 4 is 14.9 Å². The second-order valence-corrected chi connectivity index (χ2v) is 6.72. The second kappa shape index (κ2) is 6.82. The SMILES string of the molecule is C=C1C=CC=[C]1[Ti+2][c]1[nH]c2cccc(C)c2c1C.[Cl-].[Cl-]. The molecule has 0 radical (unpaired) electrons. The van der Waals surface area contributed by atoms with Gasteiger partial charge in [0.1, 0.15) is 0 Å². The maximum atomic E-state index is 4.10. The van der Waals surface area contributed by atoms with Crippen LogP contribution in [0.3, 0.4) is 0 Å². The molecule has 1 aromatic heterocycles. The largest absolute Gasteiger partial charge is 1.00 e. The van der Waals surface area contributed by atoms with E-state index in [-0.39, 0.29) is 44.0 Å². The Bertz CT molecular complexity index is 711. The normalized spacial score (nSPS) is 12.7. The van der Waals surface area contributed by atoms with Crippen molar-refractivity contribution in [1.82, 2.24) is 4.98 Å². The summed E-state index contributed by atoms with van der Waals surface area (Å²) >= 11 is -0.305. The van der Waals surface area contributed by atoms with Crippen LogP contribution in [0.5, 0.6) is 0 Å². The molecule has 20 heavy (non-hydrogen) atoms. The summed E-state index contributed by atoms with van der Waals surface area (Å²) in [6, 6.07) is 6.47. The predicted molar refractivity (Wildman–Crippen MR) is 73.8 cm³/mol. The molecule has 102 valence electrons. The molecule has 0 bridgehead atoms. The van der Waals surface area contributed by atoms with Crippen molar-refractivity contribution < 1.29 is 44.0 Å². The molecule has 0 spiro atoms. The van der Waals surface area contributed by atoms with Crippen LogP contribution in [-0.2, 0) is 19.2 Å². The Morgan fingerprint density at radius 3 is 2.50 bits per heavy atom. The van der Waals surface area contributed by atoms with E-state index in [1.165, 1.54) is 35.5 Å². The van der Waals surface area contributed by atoms with Gasteiger partial charge in [0.15, 0.2) is 0 Å². The number of aryl methyl sites for hydroxylation is 2. The topological polar surface area (TPSA) is 15.8 Å². The Hall–Kier alpha value is -0.726. The van der Waals surface area contributed by atoms with E-state index in [1.54, 1.807) is 0 Å². The van der Waals surface area contributed by atoms with E-state index >= 15 is 0 Å². The van der Waals surface area contributed by atoms with E-state index in [2.05, 4.69) is 61.8 Å².